The number of fused-ring (bicyclic) bond motifs is 2. The summed E-state index contributed by atoms with van der Waals surface area (Å²) in [4.78, 5) is 22.7. The Kier molecular flexibility index (Phi) is 7.15. The van der Waals surface area contributed by atoms with E-state index in [1.807, 2.05) is 67.8 Å². The molecule has 2 amide bonds. The second-order valence-electron chi connectivity index (χ2n) is 10.8. The summed E-state index contributed by atoms with van der Waals surface area (Å²) in [6, 6.07) is 21.6. The van der Waals surface area contributed by atoms with Crippen LogP contribution in [0.2, 0.25) is 0 Å². The molecule has 1 atom stereocenters. The first kappa shape index (κ1) is 26.5. The number of anilines is 3. The second-order valence-corrected chi connectivity index (χ2v) is 10.8. The molecule has 0 aliphatic heterocycles. The predicted molar refractivity (Wildman–Crippen MR) is 168 cm³/mol. The highest BCUT2D eigenvalue weighted by Crippen LogP contribution is 2.39. The van der Waals surface area contributed by atoms with E-state index in [2.05, 4.69) is 57.4 Å². The van der Waals surface area contributed by atoms with Crippen molar-refractivity contribution in [2.75, 3.05) is 23.4 Å². The maximum Gasteiger partial charge on any atom is 0.323 e. The normalized spacial score (nSPS) is 15.3. The summed E-state index contributed by atoms with van der Waals surface area (Å²) in [5.74, 6) is 1.56. The van der Waals surface area contributed by atoms with Gasteiger partial charge in [-0.05, 0) is 55.5 Å². The number of hydrogen-bond donors (Lipinski definition) is 4. The third-order valence-electron chi connectivity index (χ3n) is 7.83. The number of nitrogens with zero attached hydrogens (tertiary/aromatic N) is 3. The Morgan fingerprint density at radius 2 is 1.78 bits per heavy atom. The molecule has 0 spiro atoms. The van der Waals surface area contributed by atoms with Crippen LogP contribution in [0, 0.1) is 0 Å². The first-order valence-corrected chi connectivity index (χ1v) is 14.1. The van der Waals surface area contributed by atoms with Gasteiger partial charge < -0.3 is 21.7 Å². The van der Waals surface area contributed by atoms with Gasteiger partial charge in [0.25, 0.3) is 0 Å². The largest absolute Gasteiger partial charge is 0.382 e. The summed E-state index contributed by atoms with van der Waals surface area (Å²) in [5.41, 5.74) is 12.9. The molecule has 1 aliphatic carbocycles. The minimum absolute atomic E-state index is 0.167. The molecule has 8 nitrogen and oxygen atoms in total. The lowest BCUT2D eigenvalue weighted by Crippen LogP contribution is -2.26. The fraction of sp³-hybridized carbons (Fsp3) is 0.242. The number of amides is 2. The van der Waals surface area contributed by atoms with Crippen LogP contribution in [0.5, 0.6) is 0 Å². The molecular weight excluding hydrogens is 510 g/mol. The monoisotopic (exact) mass is 545 g/mol. The van der Waals surface area contributed by atoms with Crippen LogP contribution >= 0.6 is 0 Å². The number of carbonyl (C=O) groups is 1. The third-order valence-corrected chi connectivity index (χ3v) is 7.83. The average molecular weight is 546 g/mol. The van der Waals surface area contributed by atoms with Gasteiger partial charge in [-0.25, -0.2) is 14.8 Å². The predicted octanol–water partition coefficient (Wildman–Crippen LogP) is 7.05. The molecule has 3 aromatic carbocycles. The standard InChI is InChI=1S/C33H35N7O/c1-20(2)32-39-29(30-31(34)36-19-28(40(30)32)21-15-17-22(35-3)18-16-21)26-13-7-12-25-24(26)11-8-14-27(25)38-33(41)37-23-9-5-4-6-10-23/h4-15,19-20,22,35H,16-18H2,1-3H3,(H2,34,36)(H2,37,38,41). The number of imidazole rings is 1. The van der Waals surface area contributed by atoms with Crippen molar-refractivity contribution in [1.29, 1.82) is 0 Å². The minimum Gasteiger partial charge on any atom is -0.382 e. The van der Waals surface area contributed by atoms with Crippen molar-refractivity contribution in [3.63, 3.8) is 0 Å². The summed E-state index contributed by atoms with van der Waals surface area (Å²) in [5, 5.41) is 11.2. The molecule has 0 radical (unpaired) electrons. The molecule has 0 saturated carbocycles. The van der Waals surface area contributed by atoms with Gasteiger partial charge in [0.15, 0.2) is 0 Å². The fourth-order valence-electron chi connectivity index (χ4n) is 5.73. The number of benzene rings is 3. The van der Waals surface area contributed by atoms with Crippen LogP contribution in [-0.4, -0.2) is 33.5 Å². The molecule has 2 aromatic heterocycles. The Morgan fingerprint density at radius 1 is 1.00 bits per heavy atom. The van der Waals surface area contributed by atoms with E-state index in [0.29, 0.717) is 17.5 Å². The fourth-order valence-corrected chi connectivity index (χ4v) is 5.73. The Hall–Kier alpha value is -4.69. The Bertz CT molecular complexity index is 1770. The van der Waals surface area contributed by atoms with Gasteiger partial charge in [0.1, 0.15) is 22.9 Å². The zero-order valence-electron chi connectivity index (χ0n) is 23.6. The molecule has 41 heavy (non-hydrogen) atoms. The first-order valence-electron chi connectivity index (χ1n) is 14.1. The van der Waals surface area contributed by atoms with Crippen molar-refractivity contribution >= 4 is 45.1 Å². The SMILES string of the molecule is CNC1CC=C(c2cnc(N)c3c(-c4cccc5c(NC(=O)Nc6ccccc6)cccc45)nc(C(C)C)n23)CC1. The highest BCUT2D eigenvalue weighted by Gasteiger charge is 2.24. The van der Waals surface area contributed by atoms with Crippen molar-refractivity contribution in [3.8, 4) is 11.3 Å². The van der Waals surface area contributed by atoms with Gasteiger partial charge in [0.2, 0.25) is 0 Å². The van der Waals surface area contributed by atoms with Crippen LogP contribution in [0.4, 0.5) is 22.0 Å². The molecule has 5 aromatic rings. The number of rotatable bonds is 6. The number of carbonyl (C=O) groups excluding carboxylic acids is 1. The molecule has 0 bridgehead atoms. The van der Waals surface area contributed by atoms with Crippen molar-refractivity contribution < 1.29 is 4.79 Å². The van der Waals surface area contributed by atoms with Gasteiger partial charge in [-0.15, -0.1) is 0 Å². The molecule has 8 heteroatoms. The molecular formula is C33H35N7O. The van der Waals surface area contributed by atoms with E-state index in [1.165, 1.54) is 5.57 Å². The summed E-state index contributed by atoms with van der Waals surface area (Å²) in [6.07, 6.45) is 7.22. The number of allylic oxidation sites excluding steroid dienone is 1. The van der Waals surface area contributed by atoms with Crippen LogP contribution in [0.1, 0.15) is 50.5 Å². The summed E-state index contributed by atoms with van der Waals surface area (Å²) in [7, 11) is 2.02. The number of nitrogens with one attached hydrogen (secondary N) is 3. The highest BCUT2D eigenvalue weighted by atomic mass is 16.2. The van der Waals surface area contributed by atoms with Crippen LogP contribution in [0.15, 0.2) is 79.0 Å². The van der Waals surface area contributed by atoms with Gasteiger partial charge in [0, 0.05) is 28.6 Å². The number of aromatic nitrogens is 3. The van der Waals surface area contributed by atoms with Crippen molar-refractivity contribution in [1.82, 2.24) is 19.7 Å². The van der Waals surface area contributed by atoms with Crippen LogP contribution < -0.4 is 21.7 Å². The van der Waals surface area contributed by atoms with Gasteiger partial charge in [-0.3, -0.25) is 4.40 Å². The van der Waals surface area contributed by atoms with E-state index in [9.17, 15) is 4.79 Å². The number of hydrogen-bond acceptors (Lipinski definition) is 5. The summed E-state index contributed by atoms with van der Waals surface area (Å²) in [6.45, 7) is 4.31. The van der Waals surface area contributed by atoms with E-state index >= 15 is 0 Å². The Morgan fingerprint density at radius 3 is 2.51 bits per heavy atom. The van der Waals surface area contributed by atoms with Gasteiger partial charge in [-0.2, -0.15) is 0 Å². The second kappa shape index (κ2) is 11.1. The van der Waals surface area contributed by atoms with Crippen LogP contribution in [0.25, 0.3) is 33.1 Å². The van der Waals surface area contributed by atoms with Gasteiger partial charge in [-0.1, -0.05) is 68.5 Å². The molecule has 2 heterocycles. The third kappa shape index (κ3) is 5.02. The topological polar surface area (TPSA) is 109 Å². The van der Waals surface area contributed by atoms with Gasteiger partial charge >= 0.3 is 6.03 Å². The number of nitrogen functional groups attached to an aromatic ring is 1. The molecule has 208 valence electrons. The van der Waals surface area contributed by atoms with Crippen LogP contribution in [-0.2, 0) is 0 Å². The lowest BCUT2D eigenvalue weighted by Gasteiger charge is -2.22. The summed E-state index contributed by atoms with van der Waals surface area (Å²) >= 11 is 0. The van der Waals surface area contributed by atoms with Crippen molar-refractivity contribution in [2.24, 2.45) is 0 Å². The lowest BCUT2D eigenvalue weighted by molar-refractivity contribution is 0.262. The van der Waals surface area contributed by atoms with E-state index in [4.69, 9.17) is 10.7 Å². The summed E-state index contributed by atoms with van der Waals surface area (Å²) < 4.78 is 2.21. The quantitative estimate of drug-likeness (QED) is 0.183. The maximum absolute atomic E-state index is 12.8. The maximum atomic E-state index is 12.8. The average Bonchev–Trinajstić information content (AvgIpc) is 3.40. The zero-order valence-corrected chi connectivity index (χ0v) is 23.6. The molecule has 1 unspecified atom stereocenters. The molecule has 5 N–H and O–H groups in total. The van der Waals surface area contributed by atoms with Crippen molar-refractivity contribution in [3.05, 3.63) is 90.5 Å². The minimum atomic E-state index is -0.303. The van der Waals surface area contributed by atoms with E-state index < -0.39 is 0 Å². The molecule has 0 saturated heterocycles. The number of urea groups is 1. The zero-order chi connectivity index (χ0) is 28.5. The Labute approximate surface area is 239 Å². The number of nitrogens with two attached hydrogens (primary N) is 1. The smallest absolute Gasteiger partial charge is 0.323 e. The molecule has 1 aliphatic rings. The van der Waals surface area contributed by atoms with Crippen molar-refractivity contribution in [2.45, 2.75) is 45.1 Å². The Balaban J connectivity index is 1.47. The first-order chi connectivity index (χ1) is 19.9. The van der Waals surface area contributed by atoms with Gasteiger partial charge in [0.05, 0.1) is 17.6 Å². The molecule has 0 fully saturated rings. The van der Waals surface area contributed by atoms with Crippen LogP contribution in [0.3, 0.4) is 0 Å². The van der Waals surface area contributed by atoms with E-state index in [0.717, 1.165) is 64.0 Å². The van der Waals surface area contributed by atoms with E-state index in [-0.39, 0.29) is 11.9 Å². The highest BCUT2D eigenvalue weighted by molar-refractivity contribution is 6.10. The molecule has 6 rings (SSSR count). The van der Waals surface area contributed by atoms with E-state index in [1.54, 1.807) is 0 Å². The number of para-hydroxylation sites is 1. The lowest BCUT2D eigenvalue weighted by atomic mass is 9.93.